The third-order valence-electron chi connectivity index (χ3n) is 6.37. The number of methoxy groups -OCH3 is 1. The number of alkyl halides is 1. The zero-order valence-corrected chi connectivity index (χ0v) is 21.2. The molecule has 196 valence electrons. The Bertz CT molecular complexity index is 1270. The highest BCUT2D eigenvalue weighted by Crippen LogP contribution is 2.27. The fourth-order valence-corrected chi connectivity index (χ4v) is 4.48. The molecule has 37 heavy (non-hydrogen) atoms. The predicted octanol–water partition coefficient (Wildman–Crippen LogP) is 2.87. The Hall–Kier alpha value is -3.89. The quantitative estimate of drug-likeness (QED) is 0.466. The standard InChI is InChI=1S/C26H30F2N6O3/c1-15(2)18-10-11-19(29-24(18)28)23(16-8-6-5-7-9-16)31-25(36)20-12-17(27)14-34(20)22(35)13-21-30-26(37-4)33(3)32-21/h5-11,15,17,20,23H,12-14H2,1-4H3,(H,31,36)/t17-,20+,23+/m1/s1. The fraction of sp³-hybridized carbons (Fsp3) is 0.423. The number of benzene rings is 1. The van der Waals surface area contributed by atoms with Gasteiger partial charge in [-0.15, -0.1) is 0 Å². The number of likely N-dealkylation sites (tertiary alicyclic amines) is 1. The number of amides is 2. The van der Waals surface area contributed by atoms with Crippen molar-refractivity contribution >= 4 is 11.8 Å². The van der Waals surface area contributed by atoms with Gasteiger partial charge in [-0.2, -0.15) is 14.5 Å². The molecule has 0 aliphatic carbocycles. The largest absolute Gasteiger partial charge is 0.467 e. The van der Waals surface area contributed by atoms with E-state index >= 15 is 0 Å². The van der Waals surface area contributed by atoms with Crippen LogP contribution in [0.4, 0.5) is 8.78 Å². The van der Waals surface area contributed by atoms with E-state index in [0.29, 0.717) is 16.8 Å². The summed E-state index contributed by atoms with van der Waals surface area (Å²) in [5, 5.41) is 7.01. The van der Waals surface area contributed by atoms with Gasteiger partial charge in [-0.3, -0.25) is 9.59 Å². The van der Waals surface area contributed by atoms with Crippen LogP contribution in [0.5, 0.6) is 6.01 Å². The highest BCUT2D eigenvalue weighted by atomic mass is 19.1. The molecule has 2 amide bonds. The van der Waals surface area contributed by atoms with Crippen LogP contribution in [0.25, 0.3) is 0 Å². The van der Waals surface area contributed by atoms with E-state index in [0.717, 1.165) is 0 Å². The number of hydrogen-bond donors (Lipinski definition) is 1. The first-order chi connectivity index (χ1) is 17.7. The smallest absolute Gasteiger partial charge is 0.314 e. The highest BCUT2D eigenvalue weighted by Gasteiger charge is 2.41. The lowest BCUT2D eigenvalue weighted by atomic mass is 9.99. The van der Waals surface area contributed by atoms with Crippen LogP contribution < -0.4 is 10.1 Å². The van der Waals surface area contributed by atoms with Crippen LogP contribution in [0, 0.1) is 5.95 Å². The van der Waals surface area contributed by atoms with Gasteiger partial charge in [-0.1, -0.05) is 50.2 Å². The normalized spacial score (nSPS) is 18.2. The minimum Gasteiger partial charge on any atom is -0.467 e. The van der Waals surface area contributed by atoms with E-state index in [9.17, 15) is 18.4 Å². The molecular weight excluding hydrogens is 482 g/mol. The predicted molar refractivity (Wildman–Crippen MR) is 131 cm³/mol. The molecule has 0 saturated carbocycles. The molecule has 9 nitrogen and oxygen atoms in total. The van der Waals surface area contributed by atoms with Crippen molar-refractivity contribution in [3.05, 3.63) is 71.1 Å². The molecule has 0 spiro atoms. The van der Waals surface area contributed by atoms with Crippen molar-refractivity contribution in [2.75, 3.05) is 13.7 Å². The third-order valence-corrected chi connectivity index (χ3v) is 6.37. The molecule has 0 bridgehead atoms. The number of nitrogens with one attached hydrogen (secondary N) is 1. The molecule has 3 aromatic rings. The molecular formula is C26H30F2N6O3. The fourth-order valence-electron chi connectivity index (χ4n) is 4.48. The van der Waals surface area contributed by atoms with Gasteiger partial charge in [-0.25, -0.2) is 14.1 Å². The van der Waals surface area contributed by atoms with Gasteiger partial charge >= 0.3 is 6.01 Å². The first-order valence-electron chi connectivity index (χ1n) is 12.1. The number of hydrogen-bond acceptors (Lipinski definition) is 6. The lowest BCUT2D eigenvalue weighted by Crippen LogP contribution is -2.47. The molecule has 2 aromatic heterocycles. The molecule has 1 saturated heterocycles. The van der Waals surface area contributed by atoms with Crippen molar-refractivity contribution < 1.29 is 23.1 Å². The Morgan fingerprint density at radius 3 is 2.51 bits per heavy atom. The number of aryl methyl sites for hydroxylation is 1. The Balaban J connectivity index is 1.57. The Kier molecular flexibility index (Phi) is 7.80. The average molecular weight is 513 g/mol. The van der Waals surface area contributed by atoms with Crippen molar-refractivity contribution in [2.45, 2.75) is 50.9 Å². The number of carbonyl (C=O) groups excluding carboxylic acids is 2. The maximum atomic E-state index is 14.7. The minimum atomic E-state index is -1.36. The second-order valence-electron chi connectivity index (χ2n) is 9.33. The van der Waals surface area contributed by atoms with Crippen molar-refractivity contribution in [3.8, 4) is 6.01 Å². The van der Waals surface area contributed by atoms with Gasteiger partial charge in [0.05, 0.1) is 31.8 Å². The van der Waals surface area contributed by atoms with Gasteiger partial charge in [0, 0.05) is 19.0 Å². The minimum absolute atomic E-state index is 0.0561. The van der Waals surface area contributed by atoms with E-state index in [1.165, 1.54) is 16.7 Å². The zero-order chi connectivity index (χ0) is 26.7. The molecule has 1 fully saturated rings. The summed E-state index contributed by atoms with van der Waals surface area (Å²) < 4.78 is 35.7. The maximum Gasteiger partial charge on any atom is 0.314 e. The van der Waals surface area contributed by atoms with Gasteiger partial charge in [0.1, 0.15) is 12.2 Å². The number of aromatic nitrogens is 4. The number of pyridine rings is 1. The number of rotatable bonds is 8. The van der Waals surface area contributed by atoms with Crippen molar-refractivity contribution in [2.24, 2.45) is 7.05 Å². The summed E-state index contributed by atoms with van der Waals surface area (Å²) in [5.41, 5.74) is 1.45. The lowest BCUT2D eigenvalue weighted by Gasteiger charge is -2.26. The van der Waals surface area contributed by atoms with Crippen LogP contribution in [-0.2, 0) is 23.1 Å². The maximum absolute atomic E-state index is 14.7. The Morgan fingerprint density at radius 1 is 1.16 bits per heavy atom. The van der Waals surface area contributed by atoms with Gasteiger partial charge in [-0.05, 0) is 17.5 Å². The van der Waals surface area contributed by atoms with Crippen LogP contribution in [0.3, 0.4) is 0 Å². The van der Waals surface area contributed by atoms with E-state index in [-0.39, 0.29) is 37.1 Å². The van der Waals surface area contributed by atoms with Crippen LogP contribution in [0.15, 0.2) is 42.5 Å². The van der Waals surface area contributed by atoms with Gasteiger partial charge < -0.3 is 15.0 Å². The molecule has 1 aromatic carbocycles. The zero-order valence-electron chi connectivity index (χ0n) is 21.2. The van der Waals surface area contributed by atoms with Gasteiger partial charge in [0.15, 0.2) is 5.82 Å². The molecule has 1 aliphatic rings. The average Bonchev–Trinajstić information content (AvgIpc) is 3.44. The van der Waals surface area contributed by atoms with Crippen molar-refractivity contribution in [1.82, 2.24) is 30.0 Å². The number of halogens is 2. The van der Waals surface area contributed by atoms with Crippen LogP contribution in [0.1, 0.15) is 54.9 Å². The molecule has 3 atom stereocenters. The van der Waals surface area contributed by atoms with Crippen LogP contribution in [-0.4, -0.2) is 62.3 Å². The van der Waals surface area contributed by atoms with Crippen LogP contribution >= 0.6 is 0 Å². The summed E-state index contributed by atoms with van der Waals surface area (Å²) in [6.45, 7) is 3.52. The molecule has 4 rings (SSSR count). The summed E-state index contributed by atoms with van der Waals surface area (Å²) in [7, 11) is 3.06. The second-order valence-corrected chi connectivity index (χ2v) is 9.33. The van der Waals surface area contributed by atoms with E-state index in [1.807, 2.05) is 19.9 Å². The second kappa shape index (κ2) is 11.0. The Morgan fingerprint density at radius 2 is 1.89 bits per heavy atom. The van der Waals surface area contributed by atoms with E-state index in [2.05, 4.69) is 20.4 Å². The molecule has 1 N–H and O–H groups in total. The van der Waals surface area contributed by atoms with Gasteiger partial charge in [0.2, 0.25) is 17.8 Å². The Labute approximate surface area is 213 Å². The summed E-state index contributed by atoms with van der Waals surface area (Å²) in [4.78, 5) is 35.9. The third kappa shape index (κ3) is 5.76. The highest BCUT2D eigenvalue weighted by molar-refractivity contribution is 5.89. The van der Waals surface area contributed by atoms with Crippen LogP contribution in [0.2, 0.25) is 0 Å². The topological polar surface area (TPSA) is 102 Å². The molecule has 3 heterocycles. The first kappa shape index (κ1) is 26.2. The monoisotopic (exact) mass is 512 g/mol. The summed E-state index contributed by atoms with van der Waals surface area (Å²) in [6, 6.07) is 10.7. The number of nitrogens with zero attached hydrogens (tertiary/aromatic N) is 5. The summed E-state index contributed by atoms with van der Waals surface area (Å²) in [5.74, 6) is -1.49. The van der Waals surface area contributed by atoms with E-state index in [4.69, 9.17) is 4.74 Å². The number of ether oxygens (including phenoxy) is 1. The van der Waals surface area contributed by atoms with E-state index in [1.54, 1.807) is 43.4 Å². The van der Waals surface area contributed by atoms with Gasteiger partial charge in [0.25, 0.3) is 0 Å². The molecule has 0 radical (unpaired) electrons. The summed E-state index contributed by atoms with van der Waals surface area (Å²) >= 11 is 0. The lowest BCUT2D eigenvalue weighted by molar-refractivity contribution is -0.138. The van der Waals surface area contributed by atoms with Crippen molar-refractivity contribution in [1.29, 1.82) is 0 Å². The first-order valence-corrected chi connectivity index (χ1v) is 12.1. The van der Waals surface area contributed by atoms with Crippen molar-refractivity contribution in [3.63, 3.8) is 0 Å². The SMILES string of the molecule is COc1nc(CC(=O)N2C[C@H](F)C[C@H]2C(=O)N[C@@H](c2ccccc2)c2ccc(C(C)C)c(F)n2)nn1C. The molecule has 1 aliphatic heterocycles. The van der Waals surface area contributed by atoms with E-state index < -0.39 is 36.0 Å². The summed E-state index contributed by atoms with van der Waals surface area (Å²) in [6.07, 6.45) is -1.72. The molecule has 0 unspecified atom stereocenters. The molecule has 11 heteroatoms. The number of carbonyl (C=O) groups is 2.